The molecule has 0 spiro atoms. The largest absolute Gasteiger partial charge is 0.465 e. The number of carbonyl (C=O) groups excluding carboxylic acids is 1. The third-order valence-electron chi connectivity index (χ3n) is 3.50. The quantitative estimate of drug-likeness (QED) is 0.687. The number of fused-ring (bicyclic) bond motifs is 1. The molecule has 0 aliphatic carbocycles. The molecule has 3 rings (SSSR count). The fourth-order valence-electron chi connectivity index (χ4n) is 2.45. The van der Waals surface area contributed by atoms with Crippen molar-refractivity contribution in [3.05, 3.63) is 71.7 Å². The van der Waals surface area contributed by atoms with Crippen LogP contribution in [0.25, 0.3) is 10.9 Å². The van der Waals surface area contributed by atoms with Gasteiger partial charge in [-0.2, -0.15) is 0 Å². The van der Waals surface area contributed by atoms with Crippen molar-refractivity contribution in [2.45, 2.75) is 6.54 Å². The van der Waals surface area contributed by atoms with Gasteiger partial charge < -0.3 is 9.30 Å². The molecule has 0 unspecified atom stereocenters. The van der Waals surface area contributed by atoms with Gasteiger partial charge >= 0.3 is 5.97 Å². The van der Waals surface area contributed by atoms with E-state index < -0.39 is 0 Å². The Kier molecular flexibility index (Phi) is 3.44. The van der Waals surface area contributed by atoms with E-state index in [4.69, 9.17) is 4.74 Å². The summed E-state index contributed by atoms with van der Waals surface area (Å²) in [6.45, 7) is 0.484. The first-order chi connectivity index (χ1) is 10.2. The molecule has 4 heteroatoms. The number of carbonyl (C=O) groups is 1. The number of rotatable bonds is 3. The van der Waals surface area contributed by atoms with E-state index in [-0.39, 0.29) is 11.8 Å². The lowest BCUT2D eigenvalue weighted by Gasteiger charge is -2.10. The highest BCUT2D eigenvalue weighted by Gasteiger charge is 2.12. The van der Waals surface area contributed by atoms with Gasteiger partial charge in [0.1, 0.15) is 5.82 Å². The van der Waals surface area contributed by atoms with Crippen molar-refractivity contribution in [3.63, 3.8) is 0 Å². The van der Waals surface area contributed by atoms with Crippen LogP contribution in [0, 0.1) is 5.82 Å². The molecule has 0 saturated carbocycles. The fraction of sp³-hybridized carbons (Fsp3) is 0.118. The van der Waals surface area contributed by atoms with Gasteiger partial charge in [-0.25, -0.2) is 9.18 Å². The number of benzene rings is 2. The van der Waals surface area contributed by atoms with E-state index in [0.717, 1.165) is 16.5 Å². The van der Waals surface area contributed by atoms with Crippen LogP contribution in [0.1, 0.15) is 15.9 Å². The summed E-state index contributed by atoms with van der Waals surface area (Å²) in [5.74, 6) is -0.642. The van der Waals surface area contributed by atoms with Gasteiger partial charge in [-0.05, 0) is 41.3 Å². The maximum Gasteiger partial charge on any atom is 0.338 e. The summed E-state index contributed by atoms with van der Waals surface area (Å²) in [6.07, 6.45) is 1.89. The van der Waals surface area contributed by atoms with Crippen molar-refractivity contribution in [1.29, 1.82) is 0 Å². The molecule has 3 nitrogen and oxygen atoms in total. The standard InChI is InChI=1S/C17H14FNO2/c1-21-17(20)15-5-3-2-4-13(15)11-19-9-8-12-6-7-14(18)10-16(12)19/h2-10H,11H2,1H3. The average Bonchev–Trinajstić information content (AvgIpc) is 2.89. The fourth-order valence-corrected chi connectivity index (χ4v) is 2.45. The van der Waals surface area contributed by atoms with E-state index in [9.17, 15) is 9.18 Å². The van der Waals surface area contributed by atoms with Gasteiger partial charge in [-0.1, -0.05) is 18.2 Å². The first kappa shape index (κ1) is 13.4. The molecule has 0 saturated heterocycles. The smallest absolute Gasteiger partial charge is 0.338 e. The number of hydrogen-bond donors (Lipinski definition) is 0. The molecule has 0 radical (unpaired) electrons. The number of hydrogen-bond acceptors (Lipinski definition) is 2. The van der Waals surface area contributed by atoms with Crippen LogP contribution < -0.4 is 0 Å². The molecule has 21 heavy (non-hydrogen) atoms. The Balaban J connectivity index is 2.03. The summed E-state index contributed by atoms with van der Waals surface area (Å²) >= 11 is 0. The highest BCUT2D eigenvalue weighted by atomic mass is 19.1. The third kappa shape index (κ3) is 2.52. The topological polar surface area (TPSA) is 31.2 Å². The Bertz CT molecular complexity index is 807. The molecule has 0 aliphatic rings. The zero-order valence-electron chi connectivity index (χ0n) is 11.5. The van der Waals surface area contributed by atoms with Gasteiger partial charge in [0.25, 0.3) is 0 Å². The van der Waals surface area contributed by atoms with Crippen molar-refractivity contribution in [2.75, 3.05) is 7.11 Å². The predicted molar refractivity (Wildman–Crippen MR) is 78.8 cm³/mol. The highest BCUT2D eigenvalue weighted by Crippen LogP contribution is 2.20. The minimum Gasteiger partial charge on any atom is -0.465 e. The van der Waals surface area contributed by atoms with Gasteiger partial charge in [0.2, 0.25) is 0 Å². The zero-order chi connectivity index (χ0) is 14.8. The minimum absolute atomic E-state index is 0.274. The molecule has 0 bridgehead atoms. The third-order valence-corrected chi connectivity index (χ3v) is 3.50. The summed E-state index contributed by atoms with van der Waals surface area (Å²) in [7, 11) is 1.36. The Morgan fingerprint density at radius 1 is 1.19 bits per heavy atom. The zero-order valence-corrected chi connectivity index (χ0v) is 11.5. The van der Waals surface area contributed by atoms with Crippen LogP contribution in [-0.2, 0) is 11.3 Å². The van der Waals surface area contributed by atoms with Crippen LogP contribution >= 0.6 is 0 Å². The molecule has 0 atom stereocenters. The van der Waals surface area contributed by atoms with Crippen LogP contribution in [0.4, 0.5) is 4.39 Å². The molecular formula is C17H14FNO2. The van der Waals surface area contributed by atoms with Gasteiger partial charge in [0.15, 0.2) is 0 Å². The molecule has 0 aliphatic heterocycles. The molecular weight excluding hydrogens is 269 g/mol. The summed E-state index contributed by atoms with van der Waals surface area (Å²) in [5.41, 5.74) is 2.17. The van der Waals surface area contributed by atoms with Crippen LogP contribution in [0.3, 0.4) is 0 Å². The minimum atomic E-state index is -0.367. The van der Waals surface area contributed by atoms with Crippen molar-refractivity contribution in [1.82, 2.24) is 4.57 Å². The SMILES string of the molecule is COC(=O)c1ccccc1Cn1ccc2ccc(F)cc21. The Morgan fingerprint density at radius 2 is 2.00 bits per heavy atom. The highest BCUT2D eigenvalue weighted by molar-refractivity contribution is 5.91. The van der Waals surface area contributed by atoms with E-state index in [1.165, 1.54) is 19.2 Å². The number of halogens is 1. The predicted octanol–water partition coefficient (Wildman–Crippen LogP) is 3.62. The van der Waals surface area contributed by atoms with Crippen LogP contribution in [0.15, 0.2) is 54.7 Å². The van der Waals surface area contributed by atoms with Crippen LogP contribution in [0.2, 0.25) is 0 Å². The first-order valence-electron chi connectivity index (χ1n) is 6.59. The second kappa shape index (κ2) is 5.40. The number of nitrogens with zero attached hydrogens (tertiary/aromatic N) is 1. The van der Waals surface area contributed by atoms with Crippen LogP contribution in [0.5, 0.6) is 0 Å². The average molecular weight is 283 g/mol. The summed E-state index contributed by atoms with van der Waals surface area (Å²) in [6, 6.07) is 13.9. The molecule has 2 aromatic carbocycles. The second-order valence-corrected chi connectivity index (χ2v) is 4.80. The molecule has 1 heterocycles. The molecule has 0 N–H and O–H groups in total. The summed E-state index contributed by atoms with van der Waals surface area (Å²) in [4.78, 5) is 11.8. The van der Waals surface area contributed by atoms with Crippen molar-refractivity contribution in [2.24, 2.45) is 0 Å². The Hall–Kier alpha value is -2.62. The van der Waals surface area contributed by atoms with E-state index >= 15 is 0 Å². The molecule has 0 amide bonds. The number of methoxy groups -OCH3 is 1. The van der Waals surface area contributed by atoms with E-state index in [0.29, 0.717) is 12.1 Å². The first-order valence-corrected chi connectivity index (χ1v) is 6.59. The van der Waals surface area contributed by atoms with E-state index in [2.05, 4.69) is 0 Å². The van der Waals surface area contributed by atoms with Gasteiger partial charge in [0, 0.05) is 12.7 Å². The second-order valence-electron chi connectivity index (χ2n) is 4.80. The van der Waals surface area contributed by atoms with Gasteiger partial charge in [-0.3, -0.25) is 0 Å². The lowest BCUT2D eigenvalue weighted by molar-refractivity contribution is 0.0599. The van der Waals surface area contributed by atoms with Crippen LogP contribution in [-0.4, -0.2) is 17.6 Å². The maximum atomic E-state index is 13.4. The Morgan fingerprint density at radius 3 is 2.81 bits per heavy atom. The Labute approximate surface area is 121 Å². The van der Waals surface area contributed by atoms with E-state index in [1.807, 2.05) is 29.0 Å². The molecule has 1 aromatic heterocycles. The van der Waals surface area contributed by atoms with Gasteiger partial charge in [-0.15, -0.1) is 0 Å². The number of ether oxygens (including phenoxy) is 1. The lowest BCUT2D eigenvalue weighted by Crippen LogP contribution is -2.08. The monoisotopic (exact) mass is 283 g/mol. The van der Waals surface area contributed by atoms with Crippen molar-refractivity contribution in [3.8, 4) is 0 Å². The van der Waals surface area contributed by atoms with Crippen molar-refractivity contribution >= 4 is 16.9 Å². The van der Waals surface area contributed by atoms with E-state index in [1.54, 1.807) is 18.2 Å². The van der Waals surface area contributed by atoms with Crippen molar-refractivity contribution < 1.29 is 13.9 Å². The molecule has 3 aromatic rings. The molecule has 106 valence electrons. The lowest BCUT2D eigenvalue weighted by atomic mass is 10.1. The molecule has 0 fully saturated rings. The number of aromatic nitrogens is 1. The normalized spacial score (nSPS) is 10.8. The summed E-state index contributed by atoms with van der Waals surface area (Å²) in [5, 5.41) is 0.965. The maximum absolute atomic E-state index is 13.4. The summed E-state index contributed by atoms with van der Waals surface area (Å²) < 4.78 is 20.1. The van der Waals surface area contributed by atoms with Gasteiger partial charge in [0.05, 0.1) is 18.2 Å². The number of esters is 1.